The van der Waals surface area contributed by atoms with Gasteiger partial charge in [-0.25, -0.2) is 0 Å². The fourth-order valence-corrected chi connectivity index (χ4v) is 1.85. The Morgan fingerprint density at radius 2 is 2.00 bits per heavy atom. The highest BCUT2D eigenvalue weighted by Gasteiger charge is 2.02. The van der Waals surface area contributed by atoms with Gasteiger partial charge in [0.1, 0.15) is 0 Å². The third-order valence-electron chi connectivity index (χ3n) is 2.40. The molecule has 15 heavy (non-hydrogen) atoms. The fraction of sp³-hybridized carbons (Fsp3) is 0.500. The SMILES string of the molecule is CCN[C@H](C)CCc1ccc(Cl)c(Cl)c1. The summed E-state index contributed by atoms with van der Waals surface area (Å²) in [6.45, 7) is 5.33. The highest BCUT2D eigenvalue weighted by Crippen LogP contribution is 2.23. The lowest BCUT2D eigenvalue weighted by Gasteiger charge is -2.12. The van der Waals surface area contributed by atoms with Crippen molar-refractivity contribution in [2.24, 2.45) is 0 Å². The van der Waals surface area contributed by atoms with E-state index in [1.54, 1.807) is 0 Å². The Labute approximate surface area is 102 Å². The molecule has 0 radical (unpaired) electrons. The Balaban J connectivity index is 2.47. The zero-order valence-electron chi connectivity index (χ0n) is 9.19. The minimum absolute atomic E-state index is 0.546. The van der Waals surface area contributed by atoms with Crippen LogP contribution in [0.3, 0.4) is 0 Å². The molecular weight excluding hydrogens is 229 g/mol. The molecule has 1 atom stereocenters. The van der Waals surface area contributed by atoms with Crippen LogP contribution in [0.15, 0.2) is 18.2 Å². The van der Waals surface area contributed by atoms with E-state index in [1.165, 1.54) is 5.56 Å². The van der Waals surface area contributed by atoms with Gasteiger partial charge >= 0.3 is 0 Å². The molecule has 0 aliphatic carbocycles. The van der Waals surface area contributed by atoms with Crippen LogP contribution < -0.4 is 5.32 Å². The summed E-state index contributed by atoms with van der Waals surface area (Å²) in [6.07, 6.45) is 2.15. The quantitative estimate of drug-likeness (QED) is 0.830. The minimum Gasteiger partial charge on any atom is -0.315 e. The fourth-order valence-electron chi connectivity index (χ4n) is 1.53. The van der Waals surface area contributed by atoms with Gasteiger partial charge in [-0.2, -0.15) is 0 Å². The molecule has 0 bridgehead atoms. The topological polar surface area (TPSA) is 12.0 Å². The summed E-state index contributed by atoms with van der Waals surface area (Å²) in [5, 5.41) is 4.65. The Bertz CT molecular complexity index is 312. The maximum absolute atomic E-state index is 5.94. The zero-order valence-corrected chi connectivity index (χ0v) is 10.7. The smallest absolute Gasteiger partial charge is 0.0595 e. The molecule has 0 aromatic heterocycles. The number of rotatable bonds is 5. The van der Waals surface area contributed by atoms with Crippen LogP contribution in [0.2, 0.25) is 10.0 Å². The number of nitrogens with one attached hydrogen (secondary N) is 1. The summed E-state index contributed by atoms with van der Waals surface area (Å²) in [5.74, 6) is 0. The third-order valence-corrected chi connectivity index (χ3v) is 3.14. The average molecular weight is 246 g/mol. The molecule has 84 valence electrons. The van der Waals surface area contributed by atoms with Crippen LogP contribution in [-0.2, 0) is 6.42 Å². The molecule has 1 aromatic carbocycles. The molecule has 0 amide bonds. The summed E-state index contributed by atoms with van der Waals surface area (Å²) in [4.78, 5) is 0. The van der Waals surface area contributed by atoms with E-state index in [2.05, 4.69) is 19.2 Å². The van der Waals surface area contributed by atoms with Crippen LogP contribution in [0.5, 0.6) is 0 Å². The molecule has 0 saturated heterocycles. The maximum Gasteiger partial charge on any atom is 0.0595 e. The van der Waals surface area contributed by atoms with E-state index in [9.17, 15) is 0 Å². The molecule has 0 aliphatic rings. The molecule has 0 aliphatic heterocycles. The van der Waals surface area contributed by atoms with Crippen LogP contribution in [0.1, 0.15) is 25.8 Å². The van der Waals surface area contributed by atoms with E-state index < -0.39 is 0 Å². The first-order chi connectivity index (χ1) is 7.13. The van der Waals surface area contributed by atoms with E-state index in [-0.39, 0.29) is 0 Å². The Hall–Kier alpha value is -0.240. The van der Waals surface area contributed by atoms with Crippen molar-refractivity contribution in [1.82, 2.24) is 5.32 Å². The Morgan fingerprint density at radius 3 is 2.60 bits per heavy atom. The highest BCUT2D eigenvalue weighted by molar-refractivity contribution is 6.42. The van der Waals surface area contributed by atoms with Gasteiger partial charge in [0.25, 0.3) is 0 Å². The van der Waals surface area contributed by atoms with Crippen molar-refractivity contribution in [3.63, 3.8) is 0 Å². The van der Waals surface area contributed by atoms with Gasteiger partial charge in [0.2, 0.25) is 0 Å². The first-order valence-electron chi connectivity index (χ1n) is 5.30. The van der Waals surface area contributed by atoms with Gasteiger partial charge in [-0.15, -0.1) is 0 Å². The van der Waals surface area contributed by atoms with E-state index in [1.807, 2.05) is 18.2 Å². The number of hydrogen-bond acceptors (Lipinski definition) is 1. The molecule has 0 heterocycles. The largest absolute Gasteiger partial charge is 0.315 e. The first-order valence-corrected chi connectivity index (χ1v) is 6.06. The van der Waals surface area contributed by atoms with Crippen molar-refractivity contribution in [2.75, 3.05) is 6.54 Å². The third kappa shape index (κ3) is 4.42. The van der Waals surface area contributed by atoms with Crippen molar-refractivity contribution in [2.45, 2.75) is 32.7 Å². The lowest BCUT2D eigenvalue weighted by molar-refractivity contribution is 0.530. The Kier molecular flexibility index (Phi) is 5.44. The summed E-state index contributed by atoms with van der Waals surface area (Å²) >= 11 is 11.8. The second kappa shape index (κ2) is 6.37. The van der Waals surface area contributed by atoms with Gasteiger partial charge in [0, 0.05) is 6.04 Å². The monoisotopic (exact) mass is 245 g/mol. The number of benzene rings is 1. The van der Waals surface area contributed by atoms with E-state index in [4.69, 9.17) is 23.2 Å². The second-order valence-electron chi connectivity index (χ2n) is 3.75. The van der Waals surface area contributed by atoms with Gasteiger partial charge in [-0.05, 0) is 44.0 Å². The molecule has 1 aromatic rings. The zero-order chi connectivity index (χ0) is 11.3. The lowest BCUT2D eigenvalue weighted by atomic mass is 10.1. The molecule has 1 nitrogen and oxygen atoms in total. The van der Waals surface area contributed by atoms with Crippen LogP contribution in [0.25, 0.3) is 0 Å². The minimum atomic E-state index is 0.546. The molecule has 0 spiro atoms. The normalized spacial score (nSPS) is 12.8. The average Bonchev–Trinajstić information content (AvgIpc) is 2.20. The van der Waals surface area contributed by atoms with Gasteiger partial charge in [0.05, 0.1) is 10.0 Å². The first kappa shape index (κ1) is 12.8. The van der Waals surface area contributed by atoms with Gasteiger partial charge in [-0.3, -0.25) is 0 Å². The maximum atomic E-state index is 5.94. The molecule has 0 saturated carbocycles. The van der Waals surface area contributed by atoms with Gasteiger partial charge < -0.3 is 5.32 Å². The van der Waals surface area contributed by atoms with Gasteiger partial charge in [-0.1, -0.05) is 36.2 Å². The number of halogens is 2. The van der Waals surface area contributed by atoms with Crippen LogP contribution >= 0.6 is 23.2 Å². The predicted octanol–water partition coefficient (Wildman–Crippen LogP) is 3.92. The van der Waals surface area contributed by atoms with Crippen molar-refractivity contribution in [3.05, 3.63) is 33.8 Å². The molecule has 0 fully saturated rings. The van der Waals surface area contributed by atoms with Crippen LogP contribution in [-0.4, -0.2) is 12.6 Å². The predicted molar refractivity (Wildman–Crippen MR) is 67.9 cm³/mol. The summed E-state index contributed by atoms with van der Waals surface area (Å²) in [6, 6.07) is 6.39. The van der Waals surface area contributed by atoms with E-state index in [0.29, 0.717) is 16.1 Å². The van der Waals surface area contributed by atoms with Crippen molar-refractivity contribution >= 4 is 23.2 Å². The summed E-state index contributed by atoms with van der Waals surface area (Å²) in [7, 11) is 0. The van der Waals surface area contributed by atoms with Gasteiger partial charge in [0.15, 0.2) is 0 Å². The Morgan fingerprint density at radius 1 is 1.27 bits per heavy atom. The second-order valence-corrected chi connectivity index (χ2v) is 4.56. The summed E-state index contributed by atoms with van der Waals surface area (Å²) < 4.78 is 0. The van der Waals surface area contributed by atoms with E-state index >= 15 is 0 Å². The standard InChI is InChI=1S/C12H17Cl2N/c1-3-15-9(2)4-5-10-6-7-11(13)12(14)8-10/h6-9,15H,3-5H2,1-2H3/t9-/m1/s1. The van der Waals surface area contributed by atoms with Crippen molar-refractivity contribution in [3.8, 4) is 0 Å². The molecule has 0 unspecified atom stereocenters. The molecule has 3 heteroatoms. The van der Waals surface area contributed by atoms with Crippen LogP contribution in [0, 0.1) is 0 Å². The molecule has 1 N–H and O–H groups in total. The summed E-state index contributed by atoms with van der Waals surface area (Å²) in [5.41, 5.74) is 1.24. The molecular formula is C12H17Cl2N. The number of hydrogen-bond donors (Lipinski definition) is 1. The van der Waals surface area contributed by atoms with Crippen molar-refractivity contribution in [1.29, 1.82) is 0 Å². The molecule has 1 rings (SSSR count). The lowest BCUT2D eigenvalue weighted by Crippen LogP contribution is -2.25. The highest BCUT2D eigenvalue weighted by atomic mass is 35.5. The van der Waals surface area contributed by atoms with E-state index in [0.717, 1.165) is 19.4 Å². The van der Waals surface area contributed by atoms with Crippen LogP contribution in [0.4, 0.5) is 0 Å². The number of aryl methyl sites for hydroxylation is 1. The van der Waals surface area contributed by atoms with Crippen molar-refractivity contribution < 1.29 is 0 Å².